The first kappa shape index (κ1) is 20.8. The fourth-order valence-corrected chi connectivity index (χ4v) is 6.60. The standard InChI is InChI=1S/C21H25NO4S2/c1-4-26-13-21(20(22)27)18(15-7-9-16(25-3)10-8-15)19(21)28(23,24)17-11-5-14(2)6-12-17/h5-12,18-19H,4,13H2,1-3H3,(H2,22,27)/t18-,19-,21+/m0/s1. The highest BCUT2D eigenvalue weighted by Crippen LogP contribution is 2.64. The maximum atomic E-state index is 13.5. The fraction of sp³-hybridized carbons (Fsp3) is 0.381. The first-order valence-electron chi connectivity index (χ1n) is 9.11. The number of nitrogens with two attached hydrogens (primary N) is 1. The van der Waals surface area contributed by atoms with E-state index in [1.807, 2.05) is 38.1 Å². The number of hydrogen-bond acceptors (Lipinski definition) is 5. The maximum Gasteiger partial charge on any atom is 0.182 e. The molecule has 0 radical (unpaired) electrons. The molecule has 0 heterocycles. The van der Waals surface area contributed by atoms with Gasteiger partial charge in [-0.25, -0.2) is 8.42 Å². The molecule has 0 amide bonds. The molecule has 2 aromatic rings. The number of rotatable bonds is 8. The van der Waals surface area contributed by atoms with Gasteiger partial charge in [0.05, 0.1) is 34.3 Å². The van der Waals surface area contributed by atoms with Crippen LogP contribution in [0.2, 0.25) is 0 Å². The predicted molar refractivity (Wildman–Crippen MR) is 114 cm³/mol. The molecular weight excluding hydrogens is 394 g/mol. The van der Waals surface area contributed by atoms with Crippen LogP contribution in [0.5, 0.6) is 5.75 Å². The van der Waals surface area contributed by atoms with Crippen LogP contribution in [-0.4, -0.2) is 39.0 Å². The molecule has 0 aliphatic heterocycles. The van der Waals surface area contributed by atoms with E-state index < -0.39 is 20.5 Å². The first-order valence-corrected chi connectivity index (χ1v) is 11.1. The number of sulfone groups is 1. The minimum Gasteiger partial charge on any atom is -0.497 e. The van der Waals surface area contributed by atoms with Gasteiger partial charge in [0.1, 0.15) is 5.75 Å². The smallest absolute Gasteiger partial charge is 0.182 e. The maximum absolute atomic E-state index is 13.5. The quantitative estimate of drug-likeness (QED) is 0.662. The lowest BCUT2D eigenvalue weighted by Crippen LogP contribution is -2.33. The lowest BCUT2D eigenvalue weighted by Gasteiger charge is -2.17. The lowest BCUT2D eigenvalue weighted by atomic mass is 10.00. The van der Waals surface area contributed by atoms with Gasteiger partial charge in [-0.05, 0) is 43.7 Å². The molecule has 0 spiro atoms. The van der Waals surface area contributed by atoms with Gasteiger partial charge in [-0.3, -0.25) is 0 Å². The molecule has 150 valence electrons. The zero-order chi connectivity index (χ0) is 20.5. The van der Waals surface area contributed by atoms with Crippen LogP contribution in [-0.2, 0) is 14.6 Å². The van der Waals surface area contributed by atoms with Gasteiger partial charge in [0.25, 0.3) is 0 Å². The molecular formula is C21H25NO4S2. The Hall–Kier alpha value is -1.96. The lowest BCUT2D eigenvalue weighted by molar-refractivity contribution is 0.121. The summed E-state index contributed by atoms with van der Waals surface area (Å²) in [6.45, 7) is 4.41. The number of benzene rings is 2. The Morgan fingerprint density at radius 3 is 2.25 bits per heavy atom. The van der Waals surface area contributed by atoms with E-state index in [4.69, 9.17) is 27.4 Å². The minimum absolute atomic E-state index is 0.169. The summed E-state index contributed by atoms with van der Waals surface area (Å²) in [6.07, 6.45) is 0. The second-order valence-electron chi connectivity index (χ2n) is 7.07. The summed E-state index contributed by atoms with van der Waals surface area (Å²) in [4.78, 5) is 0.443. The number of methoxy groups -OCH3 is 1. The molecule has 7 heteroatoms. The van der Waals surface area contributed by atoms with Crippen LogP contribution in [0.25, 0.3) is 0 Å². The summed E-state index contributed by atoms with van der Waals surface area (Å²) in [5.41, 5.74) is 7.03. The van der Waals surface area contributed by atoms with Crippen molar-refractivity contribution in [3.63, 3.8) is 0 Å². The van der Waals surface area contributed by atoms with Crippen LogP contribution in [0, 0.1) is 12.3 Å². The Morgan fingerprint density at radius 1 is 1.14 bits per heavy atom. The molecule has 0 aromatic heterocycles. The second-order valence-corrected chi connectivity index (χ2v) is 9.58. The summed E-state index contributed by atoms with van der Waals surface area (Å²) in [6, 6.07) is 14.2. The third-order valence-corrected chi connectivity index (χ3v) is 8.09. The number of thiocarbonyl (C=S) groups is 1. The average molecular weight is 420 g/mol. The SMILES string of the molecule is CCOC[C@@]1(C(N)=S)[C@@H](c2ccc(OC)cc2)[C@@H]1S(=O)(=O)c1ccc(C)cc1. The zero-order valence-corrected chi connectivity index (χ0v) is 17.8. The second kappa shape index (κ2) is 7.81. The molecule has 1 fully saturated rings. The van der Waals surface area contributed by atoms with Crippen molar-refractivity contribution in [1.29, 1.82) is 0 Å². The molecule has 5 nitrogen and oxygen atoms in total. The van der Waals surface area contributed by atoms with Crippen molar-refractivity contribution in [3.05, 3.63) is 59.7 Å². The van der Waals surface area contributed by atoms with Crippen LogP contribution < -0.4 is 10.5 Å². The van der Waals surface area contributed by atoms with Crippen molar-refractivity contribution in [2.45, 2.75) is 29.9 Å². The average Bonchev–Trinajstić information content (AvgIpc) is 3.38. The van der Waals surface area contributed by atoms with Crippen LogP contribution >= 0.6 is 12.2 Å². The highest BCUT2D eigenvalue weighted by molar-refractivity contribution is 7.92. The van der Waals surface area contributed by atoms with Gasteiger partial charge in [-0.1, -0.05) is 42.0 Å². The van der Waals surface area contributed by atoms with Gasteiger partial charge in [0.2, 0.25) is 0 Å². The summed E-state index contributed by atoms with van der Waals surface area (Å²) in [5.74, 6) is 0.335. The third-order valence-electron chi connectivity index (χ3n) is 5.42. The summed E-state index contributed by atoms with van der Waals surface area (Å²) >= 11 is 5.36. The van der Waals surface area contributed by atoms with Crippen molar-refractivity contribution in [1.82, 2.24) is 0 Å². The van der Waals surface area contributed by atoms with Crippen molar-refractivity contribution in [3.8, 4) is 5.75 Å². The minimum atomic E-state index is -3.66. The zero-order valence-electron chi connectivity index (χ0n) is 16.2. The Morgan fingerprint density at radius 2 is 1.75 bits per heavy atom. The van der Waals surface area contributed by atoms with Gasteiger partial charge in [-0.2, -0.15) is 0 Å². The molecule has 2 N–H and O–H groups in total. The molecule has 0 unspecified atom stereocenters. The predicted octanol–water partition coefficient (Wildman–Crippen LogP) is 3.25. The molecule has 1 aliphatic rings. The molecule has 0 saturated heterocycles. The Labute approximate surface area is 171 Å². The fourth-order valence-electron chi connectivity index (χ4n) is 3.83. The number of aryl methyl sites for hydroxylation is 1. The van der Waals surface area contributed by atoms with E-state index in [2.05, 4.69) is 0 Å². The Kier molecular flexibility index (Phi) is 5.79. The van der Waals surface area contributed by atoms with Gasteiger partial charge in [0.15, 0.2) is 9.84 Å². The molecule has 3 atom stereocenters. The van der Waals surface area contributed by atoms with Crippen LogP contribution in [0.4, 0.5) is 0 Å². The number of hydrogen-bond donors (Lipinski definition) is 1. The highest BCUT2D eigenvalue weighted by atomic mass is 32.2. The van der Waals surface area contributed by atoms with Gasteiger partial charge >= 0.3 is 0 Å². The van der Waals surface area contributed by atoms with Crippen molar-refractivity contribution in [2.24, 2.45) is 11.1 Å². The van der Waals surface area contributed by atoms with Crippen LogP contribution in [0.1, 0.15) is 24.0 Å². The van der Waals surface area contributed by atoms with E-state index in [9.17, 15) is 8.42 Å². The monoisotopic (exact) mass is 419 g/mol. The van der Waals surface area contributed by atoms with E-state index in [0.29, 0.717) is 12.4 Å². The van der Waals surface area contributed by atoms with Crippen molar-refractivity contribution >= 4 is 27.0 Å². The van der Waals surface area contributed by atoms with Gasteiger partial charge < -0.3 is 15.2 Å². The largest absolute Gasteiger partial charge is 0.497 e. The van der Waals surface area contributed by atoms with E-state index in [1.165, 1.54) is 0 Å². The van der Waals surface area contributed by atoms with E-state index >= 15 is 0 Å². The molecule has 1 aliphatic carbocycles. The van der Waals surface area contributed by atoms with E-state index in [-0.39, 0.29) is 22.4 Å². The summed E-state index contributed by atoms with van der Waals surface area (Å²) in [5, 5.41) is -0.764. The summed E-state index contributed by atoms with van der Waals surface area (Å²) < 4.78 is 37.9. The normalized spacial score (nSPS) is 24.0. The van der Waals surface area contributed by atoms with Crippen molar-refractivity contribution < 1.29 is 17.9 Å². The number of ether oxygens (including phenoxy) is 2. The van der Waals surface area contributed by atoms with Gasteiger partial charge in [-0.15, -0.1) is 0 Å². The first-order chi connectivity index (χ1) is 13.3. The Balaban J connectivity index is 2.08. The topological polar surface area (TPSA) is 78.6 Å². The third kappa shape index (κ3) is 3.43. The van der Waals surface area contributed by atoms with E-state index in [0.717, 1.165) is 11.1 Å². The highest BCUT2D eigenvalue weighted by Gasteiger charge is 2.73. The molecule has 1 saturated carbocycles. The molecule has 2 aromatic carbocycles. The van der Waals surface area contributed by atoms with E-state index in [1.54, 1.807) is 31.4 Å². The summed E-state index contributed by atoms with van der Waals surface area (Å²) in [7, 11) is -2.07. The van der Waals surface area contributed by atoms with Gasteiger partial charge in [0, 0.05) is 12.5 Å². The molecule has 0 bridgehead atoms. The van der Waals surface area contributed by atoms with Crippen LogP contribution in [0.15, 0.2) is 53.4 Å². The van der Waals surface area contributed by atoms with Crippen molar-refractivity contribution in [2.75, 3.05) is 20.3 Å². The molecule has 28 heavy (non-hydrogen) atoms. The molecule has 3 rings (SSSR count). The Bertz CT molecular complexity index is 955. The van der Waals surface area contributed by atoms with Crippen LogP contribution in [0.3, 0.4) is 0 Å².